The van der Waals surface area contributed by atoms with Gasteiger partial charge in [0.25, 0.3) is 0 Å². The number of rotatable bonds is 6. The smallest absolute Gasteiger partial charge is 0.119 e. The molecule has 0 atom stereocenters. The zero-order valence-corrected chi connectivity index (χ0v) is 12.2. The van der Waals surface area contributed by atoms with E-state index >= 15 is 0 Å². The fraction of sp³-hybridized carbons (Fsp3) is 0.188. The second-order valence-electron chi connectivity index (χ2n) is 4.42. The maximum absolute atomic E-state index is 5.72. The maximum atomic E-state index is 5.72. The van der Waals surface area contributed by atoms with Gasteiger partial charge < -0.3 is 15.2 Å². The van der Waals surface area contributed by atoms with E-state index in [0.29, 0.717) is 18.0 Å². The van der Waals surface area contributed by atoms with E-state index in [1.165, 1.54) is 0 Å². The van der Waals surface area contributed by atoms with Crippen LogP contribution >= 0.6 is 12.2 Å². The topological polar surface area (TPSA) is 44.5 Å². The summed E-state index contributed by atoms with van der Waals surface area (Å²) in [5.41, 5.74) is 7.70. The quantitative estimate of drug-likeness (QED) is 0.829. The summed E-state index contributed by atoms with van der Waals surface area (Å²) in [6.07, 6.45) is 0.619. The molecule has 0 radical (unpaired) electrons. The number of hydrogen-bond acceptors (Lipinski definition) is 3. The summed E-state index contributed by atoms with van der Waals surface area (Å²) in [5.74, 6) is 1.67. The Hall–Kier alpha value is -2.07. The molecule has 0 amide bonds. The number of methoxy groups -OCH3 is 1. The molecular weight excluding hydrogens is 270 g/mol. The minimum absolute atomic E-state index is 0.497. The molecule has 0 aliphatic carbocycles. The van der Waals surface area contributed by atoms with Crippen molar-refractivity contribution in [3.05, 3.63) is 59.7 Å². The van der Waals surface area contributed by atoms with Gasteiger partial charge in [0.05, 0.1) is 12.1 Å². The molecule has 0 aromatic heterocycles. The summed E-state index contributed by atoms with van der Waals surface area (Å²) in [5, 5.41) is 0. The highest BCUT2D eigenvalue weighted by atomic mass is 32.1. The third-order valence-electron chi connectivity index (χ3n) is 2.87. The Morgan fingerprint density at radius 2 is 1.50 bits per heavy atom. The van der Waals surface area contributed by atoms with Crippen LogP contribution in [0.2, 0.25) is 0 Å². The van der Waals surface area contributed by atoms with Gasteiger partial charge in [0.15, 0.2) is 0 Å². The van der Waals surface area contributed by atoms with E-state index in [2.05, 4.69) is 0 Å². The summed E-state index contributed by atoms with van der Waals surface area (Å²) < 4.78 is 10.8. The Labute approximate surface area is 124 Å². The average molecular weight is 287 g/mol. The van der Waals surface area contributed by atoms with Gasteiger partial charge in [-0.05, 0) is 35.4 Å². The van der Waals surface area contributed by atoms with Crippen LogP contribution in [0.25, 0.3) is 0 Å². The second-order valence-corrected chi connectivity index (χ2v) is 4.95. The van der Waals surface area contributed by atoms with E-state index in [-0.39, 0.29) is 0 Å². The van der Waals surface area contributed by atoms with Gasteiger partial charge in [-0.25, -0.2) is 0 Å². The third-order valence-corrected chi connectivity index (χ3v) is 3.01. The van der Waals surface area contributed by atoms with Crippen LogP contribution in [0.5, 0.6) is 11.5 Å². The predicted molar refractivity (Wildman–Crippen MR) is 84.3 cm³/mol. The summed E-state index contributed by atoms with van der Waals surface area (Å²) >= 11 is 4.88. The number of benzene rings is 2. The maximum Gasteiger partial charge on any atom is 0.119 e. The SMILES string of the molecule is COc1ccc(COc2ccc(CC(N)=S)cc2)cc1. The van der Waals surface area contributed by atoms with E-state index in [4.69, 9.17) is 27.4 Å². The van der Waals surface area contributed by atoms with Gasteiger partial charge in [-0.15, -0.1) is 0 Å². The van der Waals surface area contributed by atoms with Crippen molar-refractivity contribution in [2.75, 3.05) is 7.11 Å². The van der Waals surface area contributed by atoms with Crippen molar-refractivity contribution in [2.24, 2.45) is 5.73 Å². The van der Waals surface area contributed by atoms with Crippen molar-refractivity contribution in [1.82, 2.24) is 0 Å². The Morgan fingerprint density at radius 3 is 2.05 bits per heavy atom. The van der Waals surface area contributed by atoms with Crippen LogP contribution in [-0.2, 0) is 13.0 Å². The largest absolute Gasteiger partial charge is 0.497 e. The second kappa shape index (κ2) is 6.91. The highest BCUT2D eigenvalue weighted by Crippen LogP contribution is 2.16. The lowest BCUT2D eigenvalue weighted by molar-refractivity contribution is 0.306. The monoisotopic (exact) mass is 287 g/mol. The number of hydrogen-bond donors (Lipinski definition) is 1. The van der Waals surface area contributed by atoms with Crippen molar-refractivity contribution >= 4 is 17.2 Å². The zero-order valence-electron chi connectivity index (χ0n) is 11.3. The highest BCUT2D eigenvalue weighted by Gasteiger charge is 1.99. The van der Waals surface area contributed by atoms with Crippen LogP contribution in [-0.4, -0.2) is 12.1 Å². The van der Waals surface area contributed by atoms with Crippen LogP contribution in [0, 0.1) is 0 Å². The van der Waals surface area contributed by atoms with Gasteiger partial charge >= 0.3 is 0 Å². The average Bonchev–Trinajstić information content (AvgIpc) is 2.46. The molecule has 2 aromatic carbocycles. The van der Waals surface area contributed by atoms with Gasteiger partial charge in [0, 0.05) is 6.42 Å². The zero-order chi connectivity index (χ0) is 14.4. The van der Waals surface area contributed by atoms with Crippen molar-refractivity contribution in [1.29, 1.82) is 0 Å². The molecule has 0 saturated carbocycles. The van der Waals surface area contributed by atoms with Gasteiger partial charge in [-0.1, -0.05) is 36.5 Å². The Kier molecular flexibility index (Phi) is 4.96. The number of nitrogens with two attached hydrogens (primary N) is 1. The molecule has 0 aliphatic rings. The van der Waals surface area contributed by atoms with Gasteiger partial charge in [0.2, 0.25) is 0 Å². The molecule has 0 aliphatic heterocycles. The minimum Gasteiger partial charge on any atom is -0.497 e. The summed E-state index contributed by atoms with van der Waals surface area (Å²) in [7, 11) is 1.65. The number of thiocarbonyl (C=S) groups is 1. The van der Waals surface area contributed by atoms with Gasteiger partial charge in [-0.3, -0.25) is 0 Å². The van der Waals surface area contributed by atoms with Crippen molar-refractivity contribution < 1.29 is 9.47 Å². The van der Waals surface area contributed by atoms with E-state index in [1.807, 2.05) is 48.5 Å². The molecular formula is C16H17NO2S. The van der Waals surface area contributed by atoms with Crippen molar-refractivity contribution in [3.8, 4) is 11.5 Å². The number of ether oxygens (including phenoxy) is 2. The van der Waals surface area contributed by atoms with Crippen molar-refractivity contribution in [3.63, 3.8) is 0 Å². The Balaban J connectivity index is 1.91. The molecule has 4 heteroatoms. The van der Waals surface area contributed by atoms with Crippen LogP contribution in [0.4, 0.5) is 0 Å². The molecule has 0 unspecified atom stereocenters. The molecule has 0 bridgehead atoms. The minimum atomic E-state index is 0.497. The molecule has 0 fully saturated rings. The Bertz CT molecular complexity index is 564. The van der Waals surface area contributed by atoms with Crippen LogP contribution < -0.4 is 15.2 Å². The van der Waals surface area contributed by atoms with E-state index in [0.717, 1.165) is 22.6 Å². The lowest BCUT2D eigenvalue weighted by Crippen LogP contribution is -2.10. The standard InChI is InChI=1S/C16H17NO2S/c1-18-14-6-4-13(5-7-14)11-19-15-8-2-12(3-9-15)10-16(17)20/h2-9H,10-11H2,1H3,(H2,17,20). The molecule has 0 spiro atoms. The fourth-order valence-corrected chi connectivity index (χ4v) is 1.96. The summed E-state index contributed by atoms with van der Waals surface area (Å²) in [6.45, 7) is 0.526. The van der Waals surface area contributed by atoms with Crippen LogP contribution in [0.1, 0.15) is 11.1 Å². The lowest BCUT2D eigenvalue weighted by Gasteiger charge is -2.08. The Morgan fingerprint density at radius 1 is 0.950 bits per heavy atom. The lowest BCUT2D eigenvalue weighted by atomic mass is 10.1. The summed E-state index contributed by atoms with van der Waals surface area (Å²) in [6, 6.07) is 15.6. The van der Waals surface area contributed by atoms with E-state index < -0.39 is 0 Å². The molecule has 104 valence electrons. The molecule has 2 N–H and O–H groups in total. The third kappa shape index (κ3) is 4.24. The first-order chi connectivity index (χ1) is 9.67. The molecule has 20 heavy (non-hydrogen) atoms. The predicted octanol–water partition coefficient (Wildman–Crippen LogP) is 3.10. The molecule has 2 aromatic rings. The first kappa shape index (κ1) is 14.3. The van der Waals surface area contributed by atoms with Crippen molar-refractivity contribution in [2.45, 2.75) is 13.0 Å². The van der Waals surface area contributed by atoms with E-state index in [9.17, 15) is 0 Å². The molecule has 2 rings (SSSR count). The fourth-order valence-electron chi connectivity index (χ4n) is 1.79. The van der Waals surface area contributed by atoms with Crippen LogP contribution in [0.15, 0.2) is 48.5 Å². The first-order valence-corrected chi connectivity index (χ1v) is 6.71. The molecule has 3 nitrogen and oxygen atoms in total. The van der Waals surface area contributed by atoms with Gasteiger partial charge in [-0.2, -0.15) is 0 Å². The van der Waals surface area contributed by atoms with Crippen LogP contribution in [0.3, 0.4) is 0 Å². The molecule has 0 saturated heterocycles. The molecule has 0 heterocycles. The highest BCUT2D eigenvalue weighted by molar-refractivity contribution is 7.80. The normalized spacial score (nSPS) is 10.1. The summed E-state index contributed by atoms with van der Waals surface area (Å²) in [4.78, 5) is 0.497. The first-order valence-electron chi connectivity index (χ1n) is 6.30. The van der Waals surface area contributed by atoms with Gasteiger partial charge in [0.1, 0.15) is 18.1 Å². The van der Waals surface area contributed by atoms with E-state index in [1.54, 1.807) is 7.11 Å².